The maximum absolute atomic E-state index is 13.3. The minimum absolute atomic E-state index is 0.0367. The van der Waals surface area contributed by atoms with Gasteiger partial charge in [-0.05, 0) is 95.5 Å². The van der Waals surface area contributed by atoms with Crippen LogP contribution in [0.5, 0.6) is 0 Å². The topological polar surface area (TPSA) is 97.8 Å². The molecule has 0 bridgehead atoms. The minimum atomic E-state index is -0.956. The van der Waals surface area contributed by atoms with Gasteiger partial charge in [-0.1, -0.05) is 18.2 Å². The number of carbonyl (C=O) groups excluding carboxylic acids is 1. The van der Waals surface area contributed by atoms with Crippen molar-refractivity contribution in [2.45, 2.75) is 44.9 Å². The van der Waals surface area contributed by atoms with E-state index in [1.165, 1.54) is 6.42 Å². The van der Waals surface area contributed by atoms with E-state index in [2.05, 4.69) is 34.5 Å². The monoisotopic (exact) mass is 495 g/mol. The summed E-state index contributed by atoms with van der Waals surface area (Å²) in [6.07, 6.45) is 6.61. The molecule has 1 aliphatic carbocycles. The Morgan fingerprint density at radius 3 is 2.25 bits per heavy atom. The molecule has 0 spiro atoms. The van der Waals surface area contributed by atoms with Gasteiger partial charge in [-0.15, -0.1) is 0 Å². The first-order valence-corrected chi connectivity index (χ1v) is 13.4. The molecule has 1 aromatic carbocycles. The number of hydrogen-bond acceptors (Lipinski definition) is 5. The molecule has 1 aliphatic heterocycles. The first kappa shape index (κ1) is 26.2. The molecule has 2 aromatic rings. The smallest absolute Gasteiger partial charge is 0.404 e. The normalized spacial score (nSPS) is 21.0. The zero-order valence-corrected chi connectivity index (χ0v) is 21.7. The third-order valence-corrected chi connectivity index (χ3v) is 7.93. The number of para-hydroxylation sites is 1. The number of nitrogens with zero attached hydrogens (tertiary/aromatic N) is 3. The average molecular weight is 496 g/mol. The van der Waals surface area contributed by atoms with Crippen LogP contribution in [0.15, 0.2) is 30.3 Å². The molecule has 2 amide bonds. The van der Waals surface area contributed by atoms with Gasteiger partial charge in [0.25, 0.3) is 5.91 Å². The second-order valence-corrected chi connectivity index (χ2v) is 10.9. The number of piperidine rings is 1. The molecule has 3 N–H and O–H groups in total. The molecule has 2 heterocycles. The maximum atomic E-state index is 13.3. The third kappa shape index (κ3) is 7.09. The first-order chi connectivity index (χ1) is 17.4. The van der Waals surface area contributed by atoms with E-state index < -0.39 is 6.09 Å². The maximum Gasteiger partial charge on any atom is 0.404 e. The van der Waals surface area contributed by atoms with E-state index in [4.69, 9.17) is 10.1 Å². The van der Waals surface area contributed by atoms with Crippen molar-refractivity contribution >= 4 is 28.7 Å². The van der Waals surface area contributed by atoms with Crippen LogP contribution in [0, 0.1) is 17.8 Å². The molecule has 2 fully saturated rings. The zero-order valence-electron chi connectivity index (χ0n) is 21.7. The zero-order chi connectivity index (χ0) is 25.5. The first-order valence-electron chi connectivity index (χ1n) is 13.4. The second kappa shape index (κ2) is 12.4. The van der Waals surface area contributed by atoms with Crippen molar-refractivity contribution in [1.82, 2.24) is 20.5 Å². The lowest BCUT2D eigenvalue weighted by atomic mass is 9.82. The van der Waals surface area contributed by atoms with E-state index in [1.807, 2.05) is 30.3 Å². The Morgan fingerprint density at radius 2 is 1.61 bits per heavy atom. The Morgan fingerprint density at radius 1 is 0.972 bits per heavy atom. The summed E-state index contributed by atoms with van der Waals surface area (Å²) in [5, 5.41) is 15.4. The van der Waals surface area contributed by atoms with E-state index in [0.717, 1.165) is 80.8 Å². The van der Waals surface area contributed by atoms with Crippen molar-refractivity contribution in [3.8, 4) is 0 Å². The Hall–Kier alpha value is -2.87. The highest BCUT2D eigenvalue weighted by Crippen LogP contribution is 2.30. The summed E-state index contributed by atoms with van der Waals surface area (Å²) < 4.78 is 0. The number of aromatic nitrogens is 1. The molecular weight excluding hydrogens is 454 g/mol. The SMILES string of the molecule is CN(C)CCC1CCN(c2cc(C(=O)NC[C@H]3CC[C@H](CNC(=O)O)CC3)c3ccccc3n2)CC1. The van der Waals surface area contributed by atoms with E-state index in [0.29, 0.717) is 30.5 Å². The van der Waals surface area contributed by atoms with Crippen LogP contribution in [-0.4, -0.2) is 73.8 Å². The lowest BCUT2D eigenvalue weighted by molar-refractivity contribution is 0.0942. The number of hydrogen-bond donors (Lipinski definition) is 3. The number of fused-ring (bicyclic) bond motifs is 1. The summed E-state index contributed by atoms with van der Waals surface area (Å²) in [6.45, 7) is 4.26. The van der Waals surface area contributed by atoms with Gasteiger partial charge in [0.1, 0.15) is 5.82 Å². The average Bonchev–Trinajstić information content (AvgIpc) is 2.89. The van der Waals surface area contributed by atoms with Crippen molar-refractivity contribution in [3.63, 3.8) is 0 Å². The fourth-order valence-electron chi connectivity index (χ4n) is 5.61. The van der Waals surface area contributed by atoms with Crippen LogP contribution in [0.25, 0.3) is 10.9 Å². The second-order valence-electron chi connectivity index (χ2n) is 10.9. The van der Waals surface area contributed by atoms with Crippen LogP contribution >= 0.6 is 0 Å². The van der Waals surface area contributed by atoms with Crippen LogP contribution < -0.4 is 15.5 Å². The highest BCUT2D eigenvalue weighted by Gasteiger charge is 2.24. The summed E-state index contributed by atoms with van der Waals surface area (Å²) in [5.41, 5.74) is 1.56. The summed E-state index contributed by atoms with van der Waals surface area (Å²) in [6, 6.07) is 9.89. The Labute approximate surface area is 214 Å². The van der Waals surface area contributed by atoms with Crippen molar-refractivity contribution in [2.24, 2.45) is 17.8 Å². The molecule has 196 valence electrons. The van der Waals surface area contributed by atoms with Crippen molar-refractivity contribution < 1.29 is 14.7 Å². The highest BCUT2D eigenvalue weighted by atomic mass is 16.4. The summed E-state index contributed by atoms with van der Waals surface area (Å²) in [5.74, 6) is 2.44. The molecule has 0 unspecified atom stereocenters. The van der Waals surface area contributed by atoms with Gasteiger partial charge in [-0.2, -0.15) is 0 Å². The van der Waals surface area contributed by atoms with E-state index in [1.54, 1.807) is 0 Å². The van der Waals surface area contributed by atoms with Crippen molar-refractivity contribution in [1.29, 1.82) is 0 Å². The predicted octanol–water partition coefficient (Wildman–Crippen LogP) is 4.21. The van der Waals surface area contributed by atoms with Gasteiger partial charge in [0.2, 0.25) is 0 Å². The van der Waals surface area contributed by atoms with E-state index in [-0.39, 0.29) is 5.91 Å². The van der Waals surface area contributed by atoms with Crippen molar-refractivity contribution in [3.05, 3.63) is 35.9 Å². The quantitative estimate of drug-likeness (QED) is 0.482. The van der Waals surface area contributed by atoms with Gasteiger partial charge >= 0.3 is 6.09 Å². The van der Waals surface area contributed by atoms with E-state index >= 15 is 0 Å². The number of nitrogens with one attached hydrogen (secondary N) is 2. The number of carbonyl (C=O) groups is 2. The largest absolute Gasteiger partial charge is 0.465 e. The third-order valence-electron chi connectivity index (χ3n) is 7.93. The molecule has 4 rings (SSSR count). The van der Waals surface area contributed by atoms with Crippen LogP contribution in [0.1, 0.15) is 55.3 Å². The molecule has 8 nitrogen and oxygen atoms in total. The van der Waals surface area contributed by atoms with Crippen LogP contribution in [0.2, 0.25) is 0 Å². The number of amides is 2. The molecule has 8 heteroatoms. The van der Waals surface area contributed by atoms with Crippen LogP contribution in [-0.2, 0) is 0 Å². The fourth-order valence-corrected chi connectivity index (χ4v) is 5.61. The van der Waals surface area contributed by atoms with Crippen LogP contribution in [0.4, 0.5) is 10.6 Å². The highest BCUT2D eigenvalue weighted by molar-refractivity contribution is 6.07. The number of benzene rings is 1. The number of anilines is 1. The van der Waals surface area contributed by atoms with E-state index in [9.17, 15) is 9.59 Å². The minimum Gasteiger partial charge on any atom is -0.465 e. The number of rotatable bonds is 9. The lowest BCUT2D eigenvalue weighted by Crippen LogP contribution is -2.36. The fraction of sp³-hybridized carbons (Fsp3) is 0.607. The molecule has 2 aliphatic rings. The molecule has 0 atom stereocenters. The predicted molar refractivity (Wildman–Crippen MR) is 144 cm³/mol. The van der Waals surface area contributed by atoms with Gasteiger partial charge in [-0.3, -0.25) is 4.79 Å². The summed E-state index contributed by atoms with van der Waals surface area (Å²) in [4.78, 5) is 33.6. The molecule has 0 radical (unpaired) electrons. The van der Waals surface area contributed by atoms with Gasteiger partial charge < -0.3 is 25.5 Å². The van der Waals surface area contributed by atoms with Crippen molar-refractivity contribution in [2.75, 3.05) is 51.7 Å². The molecular formula is C28H41N5O3. The lowest BCUT2D eigenvalue weighted by Gasteiger charge is -2.33. The molecule has 1 aromatic heterocycles. The van der Waals surface area contributed by atoms with Gasteiger partial charge in [0, 0.05) is 31.6 Å². The molecule has 1 saturated carbocycles. The molecule has 36 heavy (non-hydrogen) atoms. The summed E-state index contributed by atoms with van der Waals surface area (Å²) in [7, 11) is 4.26. The standard InChI is InChI=1S/C28H41N5O3/c1-32(2)14-11-20-12-15-33(16-13-20)26-17-24(23-5-3-4-6-25(23)31-26)27(34)29-18-21-7-9-22(10-8-21)19-30-28(35)36/h3-6,17,20-22,30H,7-16,18-19H2,1-2H3,(H,29,34)(H,35,36)/t21-,22-. The molecule has 1 saturated heterocycles. The van der Waals surface area contributed by atoms with Gasteiger partial charge in [0.15, 0.2) is 0 Å². The Balaban J connectivity index is 1.37. The number of pyridine rings is 1. The van der Waals surface area contributed by atoms with Crippen LogP contribution in [0.3, 0.4) is 0 Å². The van der Waals surface area contributed by atoms with Gasteiger partial charge in [-0.25, -0.2) is 9.78 Å². The number of carboxylic acid groups (broad SMARTS) is 1. The van der Waals surface area contributed by atoms with Gasteiger partial charge in [0.05, 0.1) is 11.1 Å². The Bertz CT molecular complexity index is 1030. The Kier molecular flexibility index (Phi) is 9.02. The summed E-state index contributed by atoms with van der Waals surface area (Å²) >= 11 is 0.